The van der Waals surface area contributed by atoms with Crippen LogP contribution in [0.1, 0.15) is 64.7 Å². The highest BCUT2D eigenvalue weighted by molar-refractivity contribution is 4.92. The number of fused-ring (bicyclic) bond motifs is 1. The van der Waals surface area contributed by atoms with Crippen LogP contribution in [0.3, 0.4) is 0 Å². The van der Waals surface area contributed by atoms with Crippen molar-refractivity contribution in [1.29, 1.82) is 0 Å². The molecule has 4 atom stereocenters. The fourth-order valence-electron chi connectivity index (χ4n) is 4.89. The maximum absolute atomic E-state index is 2.67. The fourth-order valence-corrected chi connectivity index (χ4v) is 4.89. The lowest BCUT2D eigenvalue weighted by molar-refractivity contribution is 0.0184. The quantitative estimate of drug-likeness (QED) is 0.648. The zero-order chi connectivity index (χ0) is 15.2. The number of rotatable bonds is 7. The molecule has 0 bridgehead atoms. The second-order valence-corrected chi connectivity index (χ2v) is 8.20. The zero-order valence-electron chi connectivity index (χ0n) is 15.0. The monoisotopic (exact) mass is 294 g/mol. The summed E-state index contributed by atoms with van der Waals surface area (Å²) >= 11 is 0. The number of unbranched alkanes of at least 4 members (excludes halogenated alkanes) is 3. The average Bonchev–Trinajstić information content (AvgIpc) is 2.43. The maximum atomic E-state index is 2.67. The van der Waals surface area contributed by atoms with Crippen LogP contribution in [0.4, 0.5) is 0 Å². The molecule has 0 radical (unpaired) electrons. The van der Waals surface area contributed by atoms with E-state index < -0.39 is 0 Å². The van der Waals surface area contributed by atoms with Gasteiger partial charge in [0.25, 0.3) is 0 Å². The Labute approximate surface area is 133 Å². The number of nitrogens with zero attached hydrogens (tertiary/aromatic N) is 2. The Hall–Kier alpha value is -0.0800. The molecule has 0 aromatic rings. The summed E-state index contributed by atoms with van der Waals surface area (Å²) in [6, 6.07) is 0.904. The molecule has 2 heteroatoms. The van der Waals surface area contributed by atoms with Crippen LogP contribution in [0.15, 0.2) is 0 Å². The molecule has 0 N–H and O–H groups in total. The van der Waals surface area contributed by atoms with Gasteiger partial charge < -0.3 is 9.80 Å². The first-order valence-electron chi connectivity index (χ1n) is 9.43. The van der Waals surface area contributed by atoms with E-state index in [9.17, 15) is 0 Å². The summed E-state index contributed by atoms with van der Waals surface area (Å²) in [4.78, 5) is 4.99. The second-order valence-electron chi connectivity index (χ2n) is 8.20. The van der Waals surface area contributed by atoms with Crippen molar-refractivity contribution < 1.29 is 0 Å². The van der Waals surface area contributed by atoms with Crippen molar-refractivity contribution in [3.63, 3.8) is 0 Å². The van der Waals surface area contributed by atoms with E-state index in [2.05, 4.69) is 37.9 Å². The molecule has 1 saturated carbocycles. The van der Waals surface area contributed by atoms with Gasteiger partial charge in [-0.3, -0.25) is 0 Å². The molecular weight excluding hydrogens is 256 g/mol. The Morgan fingerprint density at radius 1 is 1.05 bits per heavy atom. The second kappa shape index (κ2) is 8.53. The van der Waals surface area contributed by atoms with Gasteiger partial charge >= 0.3 is 0 Å². The predicted octanol–water partition coefficient (Wildman–Crippen LogP) is 4.26. The summed E-state index contributed by atoms with van der Waals surface area (Å²) in [5.41, 5.74) is 0. The SMILES string of the molecule is CC1CC(CCCCCCN(C)C)C2CCCN(C)C2C1. The predicted molar refractivity (Wildman–Crippen MR) is 92.7 cm³/mol. The molecular formula is C19H38N2. The van der Waals surface area contributed by atoms with E-state index in [0.717, 1.165) is 23.8 Å². The van der Waals surface area contributed by atoms with Gasteiger partial charge in [0.1, 0.15) is 0 Å². The lowest BCUT2D eigenvalue weighted by Crippen LogP contribution is -2.49. The van der Waals surface area contributed by atoms with E-state index in [4.69, 9.17) is 0 Å². The molecule has 0 aromatic heterocycles. The van der Waals surface area contributed by atoms with Crippen LogP contribution < -0.4 is 0 Å². The molecule has 124 valence electrons. The van der Waals surface area contributed by atoms with Crippen LogP contribution in [-0.2, 0) is 0 Å². The smallest absolute Gasteiger partial charge is 0.0126 e. The highest BCUT2D eigenvalue weighted by Crippen LogP contribution is 2.43. The van der Waals surface area contributed by atoms with Crippen LogP contribution in [0.2, 0.25) is 0 Å². The Morgan fingerprint density at radius 2 is 1.81 bits per heavy atom. The van der Waals surface area contributed by atoms with Crippen LogP contribution in [-0.4, -0.2) is 50.1 Å². The Bertz CT molecular complexity index is 289. The minimum absolute atomic E-state index is 0.904. The molecule has 2 fully saturated rings. The molecule has 1 heterocycles. The number of piperidine rings is 1. The third-order valence-corrected chi connectivity index (χ3v) is 5.99. The number of hydrogen-bond donors (Lipinski definition) is 0. The van der Waals surface area contributed by atoms with Crippen molar-refractivity contribution in [2.45, 2.75) is 70.8 Å². The molecule has 2 nitrogen and oxygen atoms in total. The highest BCUT2D eigenvalue weighted by atomic mass is 15.1. The largest absolute Gasteiger partial charge is 0.309 e. The van der Waals surface area contributed by atoms with Gasteiger partial charge in [0.2, 0.25) is 0 Å². The zero-order valence-corrected chi connectivity index (χ0v) is 15.0. The van der Waals surface area contributed by atoms with Gasteiger partial charge in [-0.2, -0.15) is 0 Å². The van der Waals surface area contributed by atoms with Crippen LogP contribution in [0.25, 0.3) is 0 Å². The molecule has 0 spiro atoms. The van der Waals surface area contributed by atoms with E-state index in [1.165, 1.54) is 70.9 Å². The average molecular weight is 295 g/mol. The minimum atomic E-state index is 0.904. The van der Waals surface area contributed by atoms with Gasteiger partial charge in [0.15, 0.2) is 0 Å². The minimum Gasteiger partial charge on any atom is -0.309 e. The van der Waals surface area contributed by atoms with Gasteiger partial charge in [-0.25, -0.2) is 0 Å². The van der Waals surface area contributed by atoms with E-state index in [-0.39, 0.29) is 0 Å². The topological polar surface area (TPSA) is 6.48 Å². The normalized spacial score (nSPS) is 34.1. The van der Waals surface area contributed by atoms with Gasteiger partial charge in [-0.1, -0.05) is 32.6 Å². The summed E-state index contributed by atoms with van der Waals surface area (Å²) in [5, 5.41) is 0. The van der Waals surface area contributed by atoms with E-state index in [1.54, 1.807) is 0 Å². The van der Waals surface area contributed by atoms with Crippen molar-refractivity contribution in [3.8, 4) is 0 Å². The van der Waals surface area contributed by atoms with Crippen molar-refractivity contribution >= 4 is 0 Å². The highest BCUT2D eigenvalue weighted by Gasteiger charge is 2.39. The molecule has 4 unspecified atom stereocenters. The van der Waals surface area contributed by atoms with Gasteiger partial charge in [-0.05, 0) is 84.1 Å². The third kappa shape index (κ3) is 5.25. The third-order valence-electron chi connectivity index (χ3n) is 5.99. The molecule has 2 aliphatic rings. The summed E-state index contributed by atoms with van der Waals surface area (Å²) in [7, 11) is 6.74. The van der Waals surface area contributed by atoms with Crippen molar-refractivity contribution in [2.24, 2.45) is 17.8 Å². The molecule has 1 aliphatic heterocycles. The molecule has 0 amide bonds. The first-order valence-corrected chi connectivity index (χ1v) is 9.43. The Balaban J connectivity index is 1.71. The van der Waals surface area contributed by atoms with Gasteiger partial charge in [-0.15, -0.1) is 0 Å². The van der Waals surface area contributed by atoms with E-state index >= 15 is 0 Å². The number of likely N-dealkylation sites (tertiary alicyclic amines) is 1. The lowest BCUT2D eigenvalue weighted by Gasteiger charge is -2.48. The van der Waals surface area contributed by atoms with Crippen LogP contribution in [0, 0.1) is 17.8 Å². The Kier molecular flexibility index (Phi) is 7.01. The summed E-state index contributed by atoms with van der Waals surface area (Å²) in [5.74, 6) is 2.99. The molecule has 1 aliphatic carbocycles. The van der Waals surface area contributed by atoms with Gasteiger partial charge in [0, 0.05) is 6.04 Å². The Morgan fingerprint density at radius 3 is 2.57 bits per heavy atom. The van der Waals surface area contributed by atoms with Crippen molar-refractivity contribution in [3.05, 3.63) is 0 Å². The fraction of sp³-hybridized carbons (Fsp3) is 1.00. The standard InChI is InChI=1S/C19H38N2/c1-16-14-17(10-7-5-6-8-12-20(2)3)18-11-9-13-21(4)19(18)15-16/h16-19H,5-15H2,1-4H3. The molecule has 1 saturated heterocycles. The van der Waals surface area contributed by atoms with Gasteiger partial charge in [0.05, 0.1) is 0 Å². The maximum Gasteiger partial charge on any atom is 0.0126 e. The van der Waals surface area contributed by atoms with Crippen LogP contribution >= 0.6 is 0 Å². The van der Waals surface area contributed by atoms with E-state index in [0.29, 0.717) is 0 Å². The van der Waals surface area contributed by atoms with Crippen LogP contribution in [0.5, 0.6) is 0 Å². The summed E-state index contributed by atoms with van der Waals surface area (Å²) in [6.07, 6.45) is 13.1. The molecule has 21 heavy (non-hydrogen) atoms. The van der Waals surface area contributed by atoms with E-state index in [1.807, 2.05) is 0 Å². The molecule has 2 rings (SSSR count). The summed E-state index contributed by atoms with van der Waals surface area (Å²) in [6.45, 7) is 5.09. The lowest BCUT2D eigenvalue weighted by atomic mass is 9.66. The van der Waals surface area contributed by atoms with Crippen molar-refractivity contribution in [1.82, 2.24) is 9.80 Å². The first kappa shape index (κ1) is 17.3. The summed E-state index contributed by atoms with van der Waals surface area (Å²) < 4.78 is 0. The van der Waals surface area contributed by atoms with Crippen molar-refractivity contribution in [2.75, 3.05) is 34.2 Å². The number of hydrogen-bond acceptors (Lipinski definition) is 2. The first-order chi connectivity index (χ1) is 10.1. The molecule has 0 aromatic carbocycles.